The minimum atomic E-state index is -0.0510. The standard InChI is InChI=1S/C18H24N2O2S/c1-4-5-12-23-18-19-14(3)15(17(21)20-18)10-11-22-16-9-7-6-8-13(16)2/h6-9H,4-5,10-12H2,1-3H3,(H,19,20,21). The summed E-state index contributed by atoms with van der Waals surface area (Å²) in [6.45, 7) is 6.53. The summed E-state index contributed by atoms with van der Waals surface area (Å²) in [6, 6.07) is 7.88. The smallest absolute Gasteiger partial charge is 0.255 e. The lowest BCUT2D eigenvalue weighted by atomic mass is 10.2. The number of unbranched alkanes of at least 4 members (excludes halogenated alkanes) is 1. The molecule has 1 aromatic carbocycles. The van der Waals surface area contributed by atoms with Gasteiger partial charge in [0.15, 0.2) is 5.16 Å². The van der Waals surface area contributed by atoms with Gasteiger partial charge in [0.25, 0.3) is 5.56 Å². The molecule has 124 valence electrons. The van der Waals surface area contributed by atoms with Crippen molar-refractivity contribution in [2.75, 3.05) is 12.4 Å². The van der Waals surface area contributed by atoms with E-state index in [1.807, 2.05) is 38.1 Å². The van der Waals surface area contributed by atoms with Crippen molar-refractivity contribution in [3.63, 3.8) is 0 Å². The first-order valence-electron chi connectivity index (χ1n) is 8.02. The Kier molecular flexibility index (Phi) is 6.71. The van der Waals surface area contributed by atoms with Crippen LogP contribution < -0.4 is 10.3 Å². The lowest BCUT2D eigenvalue weighted by Crippen LogP contribution is -2.19. The van der Waals surface area contributed by atoms with Gasteiger partial charge in [-0.25, -0.2) is 4.98 Å². The molecule has 0 spiro atoms. The number of para-hydroxylation sites is 1. The van der Waals surface area contributed by atoms with Crippen LogP contribution in [0, 0.1) is 13.8 Å². The maximum atomic E-state index is 12.2. The van der Waals surface area contributed by atoms with Crippen LogP contribution in [0.4, 0.5) is 0 Å². The second-order valence-corrected chi connectivity index (χ2v) is 6.58. The van der Waals surface area contributed by atoms with E-state index in [0.29, 0.717) is 23.7 Å². The topological polar surface area (TPSA) is 55.0 Å². The quantitative estimate of drug-likeness (QED) is 0.452. The van der Waals surface area contributed by atoms with Crippen molar-refractivity contribution < 1.29 is 4.74 Å². The molecule has 0 amide bonds. The van der Waals surface area contributed by atoms with E-state index in [9.17, 15) is 4.79 Å². The number of aryl methyl sites for hydroxylation is 2. The maximum absolute atomic E-state index is 12.2. The molecule has 0 aliphatic heterocycles. The van der Waals surface area contributed by atoms with Crippen LogP contribution in [0.5, 0.6) is 5.75 Å². The van der Waals surface area contributed by atoms with E-state index in [0.717, 1.165) is 35.6 Å². The molecule has 0 fully saturated rings. The average Bonchev–Trinajstić information content (AvgIpc) is 2.52. The van der Waals surface area contributed by atoms with E-state index in [1.54, 1.807) is 11.8 Å². The van der Waals surface area contributed by atoms with Crippen LogP contribution in [0.1, 0.15) is 36.6 Å². The first kappa shape index (κ1) is 17.6. The zero-order valence-electron chi connectivity index (χ0n) is 14.0. The van der Waals surface area contributed by atoms with Gasteiger partial charge in [0.05, 0.1) is 6.61 Å². The van der Waals surface area contributed by atoms with Crippen molar-refractivity contribution >= 4 is 11.8 Å². The number of aromatic amines is 1. The van der Waals surface area contributed by atoms with Crippen molar-refractivity contribution in [1.82, 2.24) is 9.97 Å². The number of aromatic nitrogens is 2. The molecule has 0 radical (unpaired) electrons. The van der Waals surface area contributed by atoms with E-state index < -0.39 is 0 Å². The van der Waals surface area contributed by atoms with Gasteiger partial charge in [0.1, 0.15) is 5.75 Å². The van der Waals surface area contributed by atoms with Gasteiger partial charge in [-0.05, 0) is 31.9 Å². The Hall–Kier alpha value is -1.75. The summed E-state index contributed by atoms with van der Waals surface area (Å²) in [5.74, 6) is 1.84. The number of nitrogens with one attached hydrogen (secondary N) is 1. The third-order valence-electron chi connectivity index (χ3n) is 3.64. The fraction of sp³-hybridized carbons (Fsp3) is 0.444. The summed E-state index contributed by atoms with van der Waals surface area (Å²) in [6.07, 6.45) is 2.83. The zero-order valence-corrected chi connectivity index (χ0v) is 14.8. The molecule has 0 aliphatic rings. The molecule has 0 bridgehead atoms. The summed E-state index contributed by atoms with van der Waals surface area (Å²) < 4.78 is 5.77. The molecular weight excluding hydrogens is 308 g/mol. The van der Waals surface area contributed by atoms with Gasteiger partial charge in [-0.1, -0.05) is 43.3 Å². The van der Waals surface area contributed by atoms with E-state index in [1.165, 1.54) is 0 Å². The molecule has 2 aromatic rings. The highest BCUT2D eigenvalue weighted by Gasteiger charge is 2.09. The van der Waals surface area contributed by atoms with E-state index >= 15 is 0 Å². The number of hydrogen-bond acceptors (Lipinski definition) is 4. The molecule has 5 heteroatoms. The zero-order chi connectivity index (χ0) is 16.7. The SMILES string of the molecule is CCCCSc1nc(C)c(CCOc2ccccc2C)c(=O)[nH]1. The fourth-order valence-electron chi connectivity index (χ4n) is 2.24. The first-order valence-corrected chi connectivity index (χ1v) is 9.01. The minimum absolute atomic E-state index is 0.0510. The van der Waals surface area contributed by atoms with Crippen molar-refractivity contribution in [3.05, 3.63) is 51.4 Å². The van der Waals surface area contributed by atoms with Crippen LogP contribution in [0.15, 0.2) is 34.2 Å². The number of rotatable bonds is 8. The monoisotopic (exact) mass is 332 g/mol. The summed E-state index contributed by atoms with van der Waals surface area (Å²) in [4.78, 5) is 19.6. The van der Waals surface area contributed by atoms with Gasteiger partial charge in [0, 0.05) is 23.4 Å². The first-order chi connectivity index (χ1) is 11.1. The highest BCUT2D eigenvalue weighted by molar-refractivity contribution is 7.99. The minimum Gasteiger partial charge on any atom is -0.493 e. The van der Waals surface area contributed by atoms with Crippen molar-refractivity contribution in [1.29, 1.82) is 0 Å². The molecule has 0 aliphatic carbocycles. The van der Waals surface area contributed by atoms with Gasteiger partial charge >= 0.3 is 0 Å². The van der Waals surface area contributed by atoms with Crippen LogP contribution in [-0.4, -0.2) is 22.3 Å². The Morgan fingerprint density at radius 3 is 2.74 bits per heavy atom. The number of benzene rings is 1. The predicted molar refractivity (Wildman–Crippen MR) is 95.6 cm³/mol. The third kappa shape index (κ3) is 5.13. The van der Waals surface area contributed by atoms with Gasteiger partial charge in [-0.15, -0.1) is 0 Å². The van der Waals surface area contributed by atoms with E-state index in [-0.39, 0.29) is 5.56 Å². The van der Waals surface area contributed by atoms with Crippen molar-refractivity contribution in [3.8, 4) is 5.75 Å². The molecule has 0 atom stereocenters. The number of nitrogens with zero attached hydrogens (tertiary/aromatic N) is 1. The second-order valence-electron chi connectivity index (χ2n) is 5.50. The average molecular weight is 332 g/mol. The Morgan fingerprint density at radius 1 is 1.26 bits per heavy atom. The second kappa shape index (κ2) is 8.77. The van der Waals surface area contributed by atoms with E-state index in [4.69, 9.17) is 4.74 Å². The lowest BCUT2D eigenvalue weighted by molar-refractivity contribution is 0.318. The van der Waals surface area contributed by atoms with Crippen molar-refractivity contribution in [2.45, 2.75) is 45.2 Å². The molecular formula is C18H24N2O2S. The van der Waals surface area contributed by atoms with Crippen LogP contribution in [0.3, 0.4) is 0 Å². The number of hydrogen-bond donors (Lipinski definition) is 1. The molecule has 1 heterocycles. The highest BCUT2D eigenvalue weighted by atomic mass is 32.2. The maximum Gasteiger partial charge on any atom is 0.255 e. The Balaban J connectivity index is 1.97. The van der Waals surface area contributed by atoms with Crippen LogP contribution in [0.25, 0.3) is 0 Å². The normalized spacial score (nSPS) is 10.7. The van der Waals surface area contributed by atoms with Crippen molar-refractivity contribution in [2.24, 2.45) is 0 Å². The van der Waals surface area contributed by atoms with Crippen LogP contribution in [0.2, 0.25) is 0 Å². The predicted octanol–water partition coefficient (Wildman–Crippen LogP) is 3.90. The van der Waals surface area contributed by atoms with Crippen LogP contribution in [-0.2, 0) is 6.42 Å². The summed E-state index contributed by atoms with van der Waals surface area (Å²) in [5, 5.41) is 0.713. The Labute approximate surface area is 141 Å². The molecule has 1 aromatic heterocycles. The van der Waals surface area contributed by atoms with E-state index in [2.05, 4.69) is 16.9 Å². The largest absolute Gasteiger partial charge is 0.493 e. The van der Waals surface area contributed by atoms with Gasteiger partial charge < -0.3 is 9.72 Å². The Bertz CT molecular complexity index is 698. The number of ether oxygens (including phenoxy) is 1. The number of H-pyrrole nitrogens is 1. The molecule has 0 saturated heterocycles. The molecule has 1 N–H and O–H groups in total. The molecule has 23 heavy (non-hydrogen) atoms. The van der Waals surface area contributed by atoms with Crippen LogP contribution >= 0.6 is 11.8 Å². The van der Waals surface area contributed by atoms with Gasteiger partial charge in [0.2, 0.25) is 0 Å². The molecule has 4 nitrogen and oxygen atoms in total. The molecule has 0 saturated carbocycles. The highest BCUT2D eigenvalue weighted by Crippen LogP contribution is 2.17. The Morgan fingerprint density at radius 2 is 2.04 bits per heavy atom. The third-order valence-corrected chi connectivity index (χ3v) is 4.60. The fourth-order valence-corrected chi connectivity index (χ4v) is 3.23. The summed E-state index contributed by atoms with van der Waals surface area (Å²) in [7, 11) is 0. The molecule has 2 rings (SSSR count). The summed E-state index contributed by atoms with van der Waals surface area (Å²) >= 11 is 1.61. The lowest BCUT2D eigenvalue weighted by Gasteiger charge is -2.10. The molecule has 0 unspecified atom stereocenters. The summed E-state index contributed by atoms with van der Waals surface area (Å²) in [5.41, 5.74) is 2.54. The van der Waals surface area contributed by atoms with Gasteiger partial charge in [-0.3, -0.25) is 4.79 Å². The number of thioether (sulfide) groups is 1. The van der Waals surface area contributed by atoms with Gasteiger partial charge in [-0.2, -0.15) is 0 Å².